The maximum absolute atomic E-state index is 13.1. The van der Waals surface area contributed by atoms with Crippen molar-refractivity contribution in [1.82, 2.24) is 24.8 Å². The highest BCUT2D eigenvalue weighted by atomic mass is 35.5. The maximum Gasteiger partial charge on any atom is 0.248 e. The van der Waals surface area contributed by atoms with Crippen LogP contribution in [0.4, 0.5) is 17.2 Å². The van der Waals surface area contributed by atoms with E-state index in [2.05, 4.69) is 42.4 Å². The number of nitrogens with one attached hydrogen (secondary N) is 2. The molecule has 4 aromatic rings. The number of nitrogens with zero attached hydrogens (tertiary/aromatic N) is 5. The number of halogens is 1. The molecule has 12 heteroatoms. The van der Waals surface area contributed by atoms with Gasteiger partial charge in [-0.3, -0.25) is 19.6 Å². The number of aromatic nitrogens is 3. The lowest BCUT2D eigenvalue weighted by atomic mass is 10.1. The Bertz CT molecular complexity index is 1680. The van der Waals surface area contributed by atoms with Crippen LogP contribution in [0.2, 0.25) is 5.02 Å². The van der Waals surface area contributed by atoms with Crippen molar-refractivity contribution < 1.29 is 19.0 Å². The summed E-state index contributed by atoms with van der Waals surface area (Å²) >= 11 is 6.58. The summed E-state index contributed by atoms with van der Waals surface area (Å²) in [7, 11) is 2.08. The molecule has 47 heavy (non-hydrogen) atoms. The third-order valence-corrected chi connectivity index (χ3v) is 8.61. The van der Waals surface area contributed by atoms with E-state index in [9.17, 15) is 4.79 Å². The predicted octanol–water partition coefficient (Wildman–Crippen LogP) is 5.69. The van der Waals surface area contributed by atoms with Gasteiger partial charge in [0.05, 0.1) is 41.7 Å². The van der Waals surface area contributed by atoms with Crippen molar-refractivity contribution in [3.05, 3.63) is 83.9 Å². The molecule has 2 aromatic heterocycles. The van der Waals surface area contributed by atoms with Gasteiger partial charge in [-0.25, -0.2) is 9.97 Å². The summed E-state index contributed by atoms with van der Waals surface area (Å²) in [4.78, 5) is 31.1. The number of carbonyl (C=O) groups is 1. The van der Waals surface area contributed by atoms with Crippen molar-refractivity contribution >= 4 is 45.6 Å². The van der Waals surface area contributed by atoms with Crippen LogP contribution in [0, 0.1) is 0 Å². The van der Waals surface area contributed by atoms with Crippen LogP contribution < -0.4 is 20.1 Å². The fraction of sp³-hybridized carbons (Fsp3) is 0.371. The van der Waals surface area contributed by atoms with Gasteiger partial charge in [-0.05, 0) is 69.3 Å². The SMILES string of the molecule is CN1CCCC1/C=C/C(=O)Nc1cc2c(Nc3ccc(OCc4ccccn4)c(Cl)c3)ncnc2cc1OCCCN1CCOCC1. The van der Waals surface area contributed by atoms with Crippen LogP contribution in [-0.2, 0) is 16.1 Å². The Morgan fingerprint density at radius 3 is 2.74 bits per heavy atom. The molecular formula is C35H40ClN7O4. The molecule has 1 amide bonds. The first kappa shape index (κ1) is 32.6. The van der Waals surface area contributed by atoms with E-state index in [0.717, 1.165) is 75.4 Å². The Kier molecular flexibility index (Phi) is 11.1. The molecule has 246 valence electrons. The first-order valence-electron chi connectivity index (χ1n) is 16.0. The van der Waals surface area contributed by atoms with Crippen molar-refractivity contribution in [3.63, 3.8) is 0 Å². The fourth-order valence-corrected chi connectivity index (χ4v) is 5.95. The van der Waals surface area contributed by atoms with Crippen LogP contribution in [0.5, 0.6) is 11.5 Å². The Hall–Kier alpha value is -4.29. The van der Waals surface area contributed by atoms with Crippen molar-refractivity contribution in [3.8, 4) is 11.5 Å². The largest absolute Gasteiger partial charge is 0.491 e. The molecule has 1 unspecified atom stereocenters. The zero-order valence-electron chi connectivity index (χ0n) is 26.5. The van der Waals surface area contributed by atoms with Gasteiger partial charge >= 0.3 is 0 Å². The summed E-state index contributed by atoms with van der Waals surface area (Å²) in [5.41, 5.74) is 2.75. The van der Waals surface area contributed by atoms with Crippen molar-refractivity contribution in [1.29, 1.82) is 0 Å². The number of hydrogen-bond acceptors (Lipinski definition) is 10. The summed E-state index contributed by atoms with van der Waals surface area (Å²) in [6.45, 7) is 6.14. The molecule has 6 rings (SSSR count). The van der Waals surface area contributed by atoms with Crippen LogP contribution in [0.25, 0.3) is 10.9 Å². The molecule has 2 aromatic carbocycles. The Labute approximate surface area is 279 Å². The highest BCUT2D eigenvalue weighted by Gasteiger charge is 2.19. The van der Waals surface area contributed by atoms with Gasteiger partial charge in [0.2, 0.25) is 5.91 Å². The number of benzene rings is 2. The molecular weight excluding hydrogens is 618 g/mol. The molecule has 2 aliphatic rings. The Balaban J connectivity index is 1.19. The standard InChI is InChI=1S/C35H40ClN7O4/c1-42-13-4-7-27(42)9-11-34(44)41-31-21-28-30(22-33(31)46-17-5-14-43-15-18-45-19-16-43)38-24-39-35(28)40-25-8-10-32(29(36)20-25)47-23-26-6-2-3-12-37-26/h2-3,6,8-12,20-22,24,27H,4-5,7,13-19,23H2,1H3,(H,41,44)(H,38,39,40)/b11-9+. The minimum Gasteiger partial charge on any atom is -0.491 e. The molecule has 0 bridgehead atoms. The number of anilines is 3. The van der Waals surface area contributed by atoms with Gasteiger partial charge in [-0.15, -0.1) is 0 Å². The highest BCUT2D eigenvalue weighted by molar-refractivity contribution is 6.32. The zero-order chi connectivity index (χ0) is 32.4. The Morgan fingerprint density at radius 2 is 1.96 bits per heavy atom. The van der Waals surface area contributed by atoms with E-state index in [1.165, 1.54) is 6.33 Å². The molecule has 4 heterocycles. The molecule has 2 saturated heterocycles. The molecule has 0 spiro atoms. The lowest BCUT2D eigenvalue weighted by Crippen LogP contribution is -2.37. The van der Waals surface area contributed by atoms with Gasteiger partial charge < -0.3 is 24.8 Å². The third kappa shape index (κ3) is 8.95. The number of hydrogen-bond donors (Lipinski definition) is 2. The second-order valence-corrected chi connectivity index (χ2v) is 12.1. The number of amides is 1. The van der Waals surface area contributed by atoms with Crippen molar-refractivity contribution in [2.24, 2.45) is 0 Å². The number of likely N-dealkylation sites (tertiary alicyclic amines) is 1. The molecule has 2 N–H and O–H groups in total. The van der Waals surface area contributed by atoms with Crippen LogP contribution in [0.1, 0.15) is 25.0 Å². The number of carbonyl (C=O) groups excluding carboxylic acids is 1. The first-order valence-corrected chi connectivity index (χ1v) is 16.4. The number of fused-ring (bicyclic) bond motifs is 1. The first-order chi connectivity index (χ1) is 23.0. The maximum atomic E-state index is 13.1. The topological polar surface area (TPSA) is 114 Å². The number of pyridine rings is 1. The van der Waals surface area contributed by atoms with Crippen molar-refractivity contribution in [2.75, 3.05) is 63.7 Å². The van der Waals surface area contributed by atoms with Gasteiger partial charge in [0.25, 0.3) is 0 Å². The number of morpholine rings is 1. The third-order valence-electron chi connectivity index (χ3n) is 8.32. The number of rotatable bonds is 13. The number of likely N-dealkylation sites (N-methyl/N-ethyl adjacent to an activating group) is 1. The van der Waals surface area contributed by atoms with Crippen LogP contribution in [-0.4, -0.2) is 89.7 Å². The van der Waals surface area contributed by atoms with Gasteiger partial charge in [0.1, 0.15) is 30.3 Å². The van der Waals surface area contributed by atoms with E-state index < -0.39 is 0 Å². The normalized spacial score (nSPS) is 17.3. The summed E-state index contributed by atoms with van der Waals surface area (Å²) < 4.78 is 17.6. The molecule has 1 atom stereocenters. The number of ether oxygens (including phenoxy) is 3. The van der Waals surface area contributed by atoms with Gasteiger partial charge in [0, 0.05) is 55.1 Å². The molecule has 2 fully saturated rings. The summed E-state index contributed by atoms with van der Waals surface area (Å²) in [5, 5.41) is 7.56. The predicted molar refractivity (Wildman–Crippen MR) is 184 cm³/mol. The second-order valence-electron chi connectivity index (χ2n) is 11.7. The minimum absolute atomic E-state index is 0.220. The Morgan fingerprint density at radius 1 is 1.06 bits per heavy atom. The summed E-state index contributed by atoms with van der Waals surface area (Å²) in [6.07, 6.45) is 9.82. The van der Waals surface area contributed by atoms with E-state index >= 15 is 0 Å². The van der Waals surface area contributed by atoms with E-state index in [1.54, 1.807) is 24.4 Å². The van der Waals surface area contributed by atoms with Crippen LogP contribution >= 0.6 is 11.6 Å². The summed E-state index contributed by atoms with van der Waals surface area (Å²) in [6, 6.07) is 15.1. The molecule has 0 aliphatic carbocycles. The van der Waals surface area contributed by atoms with E-state index in [-0.39, 0.29) is 11.9 Å². The van der Waals surface area contributed by atoms with E-state index in [1.807, 2.05) is 42.5 Å². The lowest BCUT2D eigenvalue weighted by molar-refractivity contribution is -0.112. The average molecular weight is 658 g/mol. The highest BCUT2D eigenvalue weighted by Crippen LogP contribution is 2.35. The van der Waals surface area contributed by atoms with Crippen molar-refractivity contribution in [2.45, 2.75) is 31.9 Å². The molecule has 0 radical (unpaired) electrons. The zero-order valence-corrected chi connectivity index (χ0v) is 27.3. The van der Waals surface area contributed by atoms with Crippen LogP contribution in [0.3, 0.4) is 0 Å². The minimum atomic E-state index is -0.220. The summed E-state index contributed by atoms with van der Waals surface area (Å²) in [5.74, 6) is 1.45. The average Bonchev–Trinajstić information content (AvgIpc) is 3.51. The quantitative estimate of drug-likeness (QED) is 0.137. The monoisotopic (exact) mass is 657 g/mol. The van der Waals surface area contributed by atoms with E-state index in [4.69, 9.17) is 25.8 Å². The molecule has 11 nitrogen and oxygen atoms in total. The second kappa shape index (κ2) is 16.0. The van der Waals surface area contributed by atoms with E-state index in [0.29, 0.717) is 46.8 Å². The fourth-order valence-electron chi connectivity index (χ4n) is 5.72. The van der Waals surface area contributed by atoms with Gasteiger partial charge in [-0.1, -0.05) is 23.7 Å². The lowest BCUT2D eigenvalue weighted by Gasteiger charge is -2.26. The van der Waals surface area contributed by atoms with Gasteiger partial charge in [0.15, 0.2) is 0 Å². The van der Waals surface area contributed by atoms with Crippen LogP contribution in [0.15, 0.2) is 73.2 Å². The van der Waals surface area contributed by atoms with Gasteiger partial charge in [-0.2, -0.15) is 0 Å². The molecule has 2 aliphatic heterocycles. The molecule has 0 saturated carbocycles. The smallest absolute Gasteiger partial charge is 0.248 e.